The number of nitrogens with one attached hydrogen (secondary N) is 1. The van der Waals surface area contributed by atoms with E-state index in [9.17, 15) is 9.90 Å². The summed E-state index contributed by atoms with van der Waals surface area (Å²) in [6, 6.07) is 10.9. The standard InChI is InChI=1S/C18H17N3O2/c1-18(2)12-8-13-14(9-15(12)21(3)17(18)23)20-16(19-13)10-4-6-11(22)7-5-10/h4-9,22H,1-3H3,(H,19,20). The lowest BCUT2D eigenvalue weighted by molar-refractivity contribution is -0.121. The number of hydrogen-bond donors (Lipinski definition) is 2. The lowest BCUT2D eigenvalue weighted by Gasteiger charge is -2.16. The number of phenols is 1. The van der Waals surface area contributed by atoms with Gasteiger partial charge >= 0.3 is 0 Å². The summed E-state index contributed by atoms with van der Waals surface area (Å²) in [5, 5.41) is 9.40. The van der Waals surface area contributed by atoms with Gasteiger partial charge in [-0.05, 0) is 55.8 Å². The summed E-state index contributed by atoms with van der Waals surface area (Å²) in [5.41, 5.74) is 4.03. The van der Waals surface area contributed by atoms with E-state index < -0.39 is 5.41 Å². The van der Waals surface area contributed by atoms with Gasteiger partial charge in [0.05, 0.1) is 16.4 Å². The number of carbonyl (C=O) groups excluding carboxylic acids is 1. The Kier molecular flexibility index (Phi) is 2.61. The number of aromatic nitrogens is 2. The average Bonchev–Trinajstić information content (AvgIpc) is 3.01. The van der Waals surface area contributed by atoms with Crippen molar-refractivity contribution in [1.82, 2.24) is 9.97 Å². The van der Waals surface area contributed by atoms with E-state index in [2.05, 4.69) is 9.97 Å². The number of imidazole rings is 1. The van der Waals surface area contributed by atoms with Crippen LogP contribution in [0.4, 0.5) is 5.69 Å². The third kappa shape index (κ3) is 1.86. The number of fused-ring (bicyclic) bond motifs is 2. The van der Waals surface area contributed by atoms with Crippen LogP contribution in [0.1, 0.15) is 19.4 Å². The lowest BCUT2D eigenvalue weighted by atomic mass is 9.86. The number of hydrogen-bond acceptors (Lipinski definition) is 3. The van der Waals surface area contributed by atoms with Crippen LogP contribution in [0.25, 0.3) is 22.4 Å². The summed E-state index contributed by atoms with van der Waals surface area (Å²) >= 11 is 0. The summed E-state index contributed by atoms with van der Waals surface area (Å²) in [4.78, 5) is 22.0. The molecule has 2 heterocycles. The number of carbonyl (C=O) groups is 1. The minimum absolute atomic E-state index is 0.0962. The molecule has 0 radical (unpaired) electrons. The number of phenolic OH excluding ortho intramolecular Hbond substituents is 1. The second-order valence-electron chi connectivity index (χ2n) is 6.51. The van der Waals surface area contributed by atoms with Gasteiger partial charge in [0, 0.05) is 18.3 Å². The fourth-order valence-electron chi connectivity index (χ4n) is 3.22. The SMILES string of the molecule is CN1C(=O)C(C)(C)c2cc3[nH]c(-c4ccc(O)cc4)nc3cc21. The molecule has 0 fully saturated rings. The van der Waals surface area contributed by atoms with E-state index in [0.29, 0.717) is 0 Å². The van der Waals surface area contributed by atoms with Gasteiger partial charge in [-0.15, -0.1) is 0 Å². The Bertz CT molecular complexity index is 939. The molecule has 2 aromatic carbocycles. The molecule has 0 saturated heterocycles. The zero-order valence-electron chi connectivity index (χ0n) is 13.2. The maximum absolute atomic E-state index is 12.4. The summed E-state index contributed by atoms with van der Waals surface area (Å²) in [6.07, 6.45) is 0. The highest BCUT2D eigenvalue weighted by atomic mass is 16.3. The topological polar surface area (TPSA) is 69.2 Å². The fourth-order valence-corrected chi connectivity index (χ4v) is 3.22. The largest absolute Gasteiger partial charge is 0.508 e. The van der Waals surface area contributed by atoms with Crippen LogP contribution < -0.4 is 4.90 Å². The molecule has 2 N–H and O–H groups in total. The van der Waals surface area contributed by atoms with Crippen LogP contribution in [-0.4, -0.2) is 28.0 Å². The highest BCUT2D eigenvalue weighted by molar-refractivity contribution is 6.09. The molecule has 1 aliphatic heterocycles. The highest BCUT2D eigenvalue weighted by Crippen LogP contribution is 2.42. The lowest BCUT2D eigenvalue weighted by Crippen LogP contribution is -2.33. The van der Waals surface area contributed by atoms with E-state index in [1.165, 1.54) is 0 Å². The van der Waals surface area contributed by atoms with Crippen LogP contribution >= 0.6 is 0 Å². The Morgan fingerprint density at radius 1 is 1.17 bits per heavy atom. The summed E-state index contributed by atoms with van der Waals surface area (Å²) in [6.45, 7) is 3.89. The molecule has 0 unspecified atom stereocenters. The number of benzene rings is 2. The molecule has 0 saturated carbocycles. The first-order valence-corrected chi connectivity index (χ1v) is 7.50. The molecule has 5 nitrogen and oxygen atoms in total. The van der Waals surface area contributed by atoms with Crippen molar-refractivity contribution in [3.63, 3.8) is 0 Å². The Labute approximate surface area is 133 Å². The normalized spacial score (nSPS) is 16.1. The number of H-pyrrole nitrogens is 1. The minimum atomic E-state index is -0.526. The van der Waals surface area contributed by atoms with E-state index >= 15 is 0 Å². The monoisotopic (exact) mass is 307 g/mol. The number of aromatic hydroxyl groups is 1. The van der Waals surface area contributed by atoms with Gasteiger partial charge in [-0.2, -0.15) is 0 Å². The van der Waals surface area contributed by atoms with Gasteiger partial charge in [0.25, 0.3) is 0 Å². The maximum Gasteiger partial charge on any atom is 0.236 e. The predicted octanol–water partition coefficient (Wildman–Crippen LogP) is 3.19. The number of anilines is 1. The number of nitrogens with zero attached hydrogens (tertiary/aromatic N) is 2. The molecular formula is C18H17N3O2. The van der Waals surface area contributed by atoms with E-state index in [1.54, 1.807) is 24.1 Å². The minimum Gasteiger partial charge on any atom is -0.508 e. The van der Waals surface area contributed by atoms with Crippen molar-refractivity contribution >= 4 is 22.6 Å². The molecule has 0 spiro atoms. The third-order valence-corrected chi connectivity index (χ3v) is 4.61. The smallest absolute Gasteiger partial charge is 0.236 e. The molecule has 0 atom stereocenters. The first-order valence-electron chi connectivity index (χ1n) is 7.50. The molecule has 1 amide bonds. The van der Waals surface area contributed by atoms with Gasteiger partial charge in [0.1, 0.15) is 11.6 Å². The number of likely N-dealkylation sites (N-methyl/N-ethyl adjacent to an activating group) is 1. The molecule has 5 heteroatoms. The molecule has 116 valence electrons. The van der Waals surface area contributed by atoms with Crippen molar-refractivity contribution in [2.45, 2.75) is 19.3 Å². The molecule has 3 aromatic rings. The molecule has 23 heavy (non-hydrogen) atoms. The molecule has 1 aromatic heterocycles. The van der Waals surface area contributed by atoms with E-state index in [4.69, 9.17) is 0 Å². The van der Waals surface area contributed by atoms with Gasteiger partial charge in [0.15, 0.2) is 0 Å². The molecular weight excluding hydrogens is 290 g/mol. The quantitative estimate of drug-likeness (QED) is 0.725. The van der Waals surface area contributed by atoms with Crippen molar-refractivity contribution in [3.05, 3.63) is 42.0 Å². The van der Waals surface area contributed by atoms with Gasteiger partial charge in [0.2, 0.25) is 5.91 Å². The Balaban J connectivity index is 1.89. The van der Waals surface area contributed by atoms with Gasteiger partial charge in [-0.1, -0.05) is 0 Å². The van der Waals surface area contributed by atoms with Crippen LogP contribution in [0.5, 0.6) is 5.75 Å². The Morgan fingerprint density at radius 3 is 2.57 bits per heavy atom. The van der Waals surface area contributed by atoms with Crippen LogP contribution in [-0.2, 0) is 10.2 Å². The van der Waals surface area contributed by atoms with E-state index in [1.807, 2.05) is 38.1 Å². The Morgan fingerprint density at radius 2 is 1.87 bits per heavy atom. The summed E-state index contributed by atoms with van der Waals surface area (Å²) in [7, 11) is 1.80. The zero-order chi connectivity index (χ0) is 16.4. The first kappa shape index (κ1) is 13.8. The number of rotatable bonds is 1. The second kappa shape index (κ2) is 4.35. The third-order valence-electron chi connectivity index (χ3n) is 4.61. The Hall–Kier alpha value is -2.82. The van der Waals surface area contributed by atoms with Crippen LogP contribution in [0, 0.1) is 0 Å². The summed E-state index contributed by atoms with van der Waals surface area (Å²) < 4.78 is 0. The van der Waals surface area contributed by atoms with Gasteiger partial charge < -0.3 is 15.0 Å². The van der Waals surface area contributed by atoms with Crippen LogP contribution in [0.15, 0.2) is 36.4 Å². The molecule has 4 rings (SSSR count). The highest BCUT2D eigenvalue weighted by Gasteiger charge is 2.42. The van der Waals surface area contributed by atoms with Gasteiger partial charge in [-0.3, -0.25) is 4.79 Å². The van der Waals surface area contributed by atoms with E-state index in [-0.39, 0.29) is 11.7 Å². The van der Waals surface area contributed by atoms with Crippen LogP contribution in [0.2, 0.25) is 0 Å². The zero-order valence-corrected chi connectivity index (χ0v) is 13.2. The predicted molar refractivity (Wildman–Crippen MR) is 89.6 cm³/mol. The van der Waals surface area contributed by atoms with Crippen molar-refractivity contribution in [1.29, 1.82) is 0 Å². The van der Waals surface area contributed by atoms with Crippen molar-refractivity contribution in [2.24, 2.45) is 0 Å². The van der Waals surface area contributed by atoms with Gasteiger partial charge in [-0.25, -0.2) is 4.98 Å². The number of amides is 1. The summed E-state index contributed by atoms with van der Waals surface area (Å²) in [5.74, 6) is 1.07. The van der Waals surface area contributed by atoms with Crippen molar-refractivity contribution in [3.8, 4) is 17.1 Å². The van der Waals surface area contributed by atoms with Crippen molar-refractivity contribution in [2.75, 3.05) is 11.9 Å². The van der Waals surface area contributed by atoms with Crippen molar-refractivity contribution < 1.29 is 9.90 Å². The second-order valence-corrected chi connectivity index (χ2v) is 6.51. The first-order chi connectivity index (χ1) is 10.9. The fraction of sp³-hybridized carbons (Fsp3) is 0.222. The van der Waals surface area contributed by atoms with E-state index in [0.717, 1.165) is 33.7 Å². The maximum atomic E-state index is 12.4. The number of aromatic amines is 1. The molecule has 1 aliphatic rings. The average molecular weight is 307 g/mol. The van der Waals surface area contributed by atoms with Crippen LogP contribution in [0.3, 0.4) is 0 Å². The molecule has 0 bridgehead atoms. The molecule has 0 aliphatic carbocycles.